The normalized spacial score (nSPS) is 10.9. The van der Waals surface area contributed by atoms with Gasteiger partial charge in [-0.2, -0.15) is 9.61 Å². The Bertz CT molecular complexity index is 628. The van der Waals surface area contributed by atoms with Gasteiger partial charge in [0.2, 0.25) is 0 Å². The van der Waals surface area contributed by atoms with Gasteiger partial charge >= 0.3 is 0 Å². The van der Waals surface area contributed by atoms with Gasteiger partial charge in [0.05, 0.1) is 17.7 Å². The third kappa shape index (κ3) is 1.99. The molecule has 0 atom stereocenters. The summed E-state index contributed by atoms with van der Waals surface area (Å²) in [5, 5.41) is 9.54. The van der Waals surface area contributed by atoms with E-state index in [0.29, 0.717) is 6.54 Å². The van der Waals surface area contributed by atoms with E-state index in [2.05, 4.69) is 20.4 Å². The Balaban J connectivity index is 1.91. The van der Waals surface area contributed by atoms with Crippen LogP contribution >= 0.6 is 11.3 Å². The van der Waals surface area contributed by atoms with Crippen LogP contribution in [0.2, 0.25) is 0 Å². The molecule has 0 bridgehead atoms. The number of fused-ring (bicyclic) bond motifs is 1. The maximum atomic E-state index is 4.23. The Morgan fingerprint density at radius 1 is 1.35 bits per heavy atom. The summed E-state index contributed by atoms with van der Waals surface area (Å²) in [6, 6.07) is 4.05. The zero-order chi connectivity index (χ0) is 11.7. The summed E-state index contributed by atoms with van der Waals surface area (Å²) in [5.74, 6) is 0.936. The van der Waals surface area contributed by atoms with Gasteiger partial charge in [-0.05, 0) is 24.6 Å². The van der Waals surface area contributed by atoms with Crippen molar-refractivity contribution in [3.63, 3.8) is 0 Å². The van der Waals surface area contributed by atoms with Crippen LogP contribution in [-0.4, -0.2) is 19.6 Å². The number of anilines is 1. The molecule has 1 N–H and O–H groups in total. The van der Waals surface area contributed by atoms with Crippen LogP contribution in [0.5, 0.6) is 0 Å². The SMILES string of the molecule is Cc1cc(NCc2cscn2)n2ncnc2c1. The lowest BCUT2D eigenvalue weighted by Crippen LogP contribution is -2.05. The highest BCUT2D eigenvalue weighted by molar-refractivity contribution is 7.07. The first-order chi connectivity index (χ1) is 8.33. The van der Waals surface area contributed by atoms with Crippen LogP contribution in [0, 0.1) is 6.92 Å². The summed E-state index contributed by atoms with van der Waals surface area (Å²) in [6.45, 7) is 2.74. The van der Waals surface area contributed by atoms with E-state index in [4.69, 9.17) is 0 Å². The average Bonchev–Trinajstić information content (AvgIpc) is 2.95. The molecule has 6 heteroatoms. The lowest BCUT2D eigenvalue weighted by Gasteiger charge is -2.07. The second-order valence-corrected chi connectivity index (χ2v) is 4.50. The average molecular weight is 245 g/mol. The smallest absolute Gasteiger partial charge is 0.157 e. The van der Waals surface area contributed by atoms with Crippen LogP contribution < -0.4 is 5.32 Å². The van der Waals surface area contributed by atoms with Crippen molar-refractivity contribution in [2.24, 2.45) is 0 Å². The Hall–Kier alpha value is -1.95. The van der Waals surface area contributed by atoms with Crippen LogP contribution in [0.3, 0.4) is 0 Å². The Morgan fingerprint density at radius 2 is 2.29 bits per heavy atom. The molecule has 0 unspecified atom stereocenters. The molecule has 0 radical (unpaired) electrons. The fourth-order valence-electron chi connectivity index (χ4n) is 1.69. The Morgan fingerprint density at radius 3 is 3.12 bits per heavy atom. The predicted molar refractivity (Wildman–Crippen MR) is 67.2 cm³/mol. The van der Waals surface area contributed by atoms with E-state index in [-0.39, 0.29) is 0 Å². The highest BCUT2D eigenvalue weighted by Gasteiger charge is 2.04. The van der Waals surface area contributed by atoms with Gasteiger partial charge < -0.3 is 5.32 Å². The van der Waals surface area contributed by atoms with Gasteiger partial charge in [-0.3, -0.25) is 0 Å². The number of pyridine rings is 1. The fraction of sp³-hybridized carbons (Fsp3) is 0.182. The molecule has 0 aliphatic rings. The molecule has 0 amide bonds. The van der Waals surface area contributed by atoms with E-state index in [1.165, 1.54) is 0 Å². The zero-order valence-corrected chi connectivity index (χ0v) is 10.1. The molecule has 3 aromatic rings. The summed E-state index contributed by atoms with van der Waals surface area (Å²) in [5.41, 5.74) is 4.88. The number of rotatable bonds is 3. The van der Waals surface area contributed by atoms with Gasteiger partial charge in [0.15, 0.2) is 5.65 Å². The molecule has 3 rings (SSSR count). The van der Waals surface area contributed by atoms with Crippen LogP contribution in [0.15, 0.2) is 29.4 Å². The maximum absolute atomic E-state index is 4.23. The van der Waals surface area contributed by atoms with Crippen LogP contribution in [0.1, 0.15) is 11.3 Å². The molecule has 3 heterocycles. The van der Waals surface area contributed by atoms with Crippen molar-refractivity contribution in [2.45, 2.75) is 13.5 Å². The molecular weight excluding hydrogens is 234 g/mol. The molecule has 5 nitrogen and oxygen atoms in total. The summed E-state index contributed by atoms with van der Waals surface area (Å²) in [6.07, 6.45) is 1.56. The van der Waals surface area contributed by atoms with E-state index >= 15 is 0 Å². The Kier molecular flexibility index (Phi) is 2.49. The van der Waals surface area contributed by atoms with Gasteiger partial charge in [-0.15, -0.1) is 11.3 Å². The van der Waals surface area contributed by atoms with E-state index in [1.54, 1.807) is 22.2 Å². The number of aromatic nitrogens is 4. The second-order valence-electron chi connectivity index (χ2n) is 3.78. The molecule has 0 aliphatic carbocycles. The van der Waals surface area contributed by atoms with Gasteiger partial charge in [0.25, 0.3) is 0 Å². The van der Waals surface area contributed by atoms with Crippen LogP contribution in [0.25, 0.3) is 5.65 Å². The van der Waals surface area contributed by atoms with Crippen molar-refractivity contribution >= 4 is 22.8 Å². The number of hydrogen-bond donors (Lipinski definition) is 1. The molecule has 0 saturated carbocycles. The second kappa shape index (κ2) is 4.14. The zero-order valence-electron chi connectivity index (χ0n) is 9.29. The van der Waals surface area contributed by atoms with Gasteiger partial charge in [0, 0.05) is 5.38 Å². The summed E-state index contributed by atoms with van der Waals surface area (Å²) < 4.78 is 1.79. The van der Waals surface area contributed by atoms with Crippen molar-refractivity contribution in [2.75, 3.05) is 5.32 Å². The summed E-state index contributed by atoms with van der Waals surface area (Å²) in [7, 11) is 0. The van der Waals surface area contributed by atoms with Crippen LogP contribution in [0.4, 0.5) is 5.82 Å². The molecule has 3 aromatic heterocycles. The highest BCUT2D eigenvalue weighted by atomic mass is 32.1. The molecule has 0 spiro atoms. The first-order valence-electron chi connectivity index (χ1n) is 5.24. The fourth-order valence-corrected chi connectivity index (χ4v) is 2.25. The van der Waals surface area contributed by atoms with Crippen LogP contribution in [-0.2, 0) is 6.54 Å². The molecule has 0 saturated heterocycles. The van der Waals surface area contributed by atoms with Gasteiger partial charge in [-0.1, -0.05) is 0 Å². The van der Waals surface area contributed by atoms with Crippen molar-refractivity contribution in [3.05, 3.63) is 40.6 Å². The van der Waals surface area contributed by atoms with Gasteiger partial charge in [-0.25, -0.2) is 9.97 Å². The van der Waals surface area contributed by atoms with E-state index < -0.39 is 0 Å². The van der Waals surface area contributed by atoms with E-state index in [0.717, 1.165) is 22.7 Å². The molecular formula is C11H11N5S. The molecule has 86 valence electrons. The molecule has 0 fully saturated rings. The van der Waals surface area contributed by atoms with Gasteiger partial charge in [0.1, 0.15) is 12.1 Å². The number of aryl methyl sites for hydroxylation is 1. The maximum Gasteiger partial charge on any atom is 0.157 e. The molecule has 17 heavy (non-hydrogen) atoms. The van der Waals surface area contributed by atoms with Crippen molar-refractivity contribution in [1.29, 1.82) is 0 Å². The van der Waals surface area contributed by atoms with Crippen molar-refractivity contribution in [3.8, 4) is 0 Å². The standard InChI is InChI=1S/C11H11N5S/c1-8-2-10(12-4-9-5-17-7-14-9)16-11(3-8)13-6-15-16/h2-3,5-7,12H,4H2,1H3. The number of nitrogens with zero attached hydrogens (tertiary/aromatic N) is 4. The lowest BCUT2D eigenvalue weighted by atomic mass is 10.3. The first-order valence-corrected chi connectivity index (χ1v) is 6.18. The Labute approximate surface area is 102 Å². The monoisotopic (exact) mass is 245 g/mol. The third-order valence-corrected chi connectivity index (χ3v) is 3.09. The highest BCUT2D eigenvalue weighted by Crippen LogP contribution is 2.14. The first kappa shape index (κ1) is 10.2. The third-order valence-electron chi connectivity index (χ3n) is 2.46. The number of hydrogen-bond acceptors (Lipinski definition) is 5. The molecule has 0 aliphatic heterocycles. The van der Waals surface area contributed by atoms with E-state index in [1.807, 2.05) is 29.9 Å². The largest absolute Gasteiger partial charge is 0.364 e. The number of thiazole rings is 1. The van der Waals surface area contributed by atoms with Crippen molar-refractivity contribution in [1.82, 2.24) is 19.6 Å². The topological polar surface area (TPSA) is 55.1 Å². The summed E-state index contributed by atoms with van der Waals surface area (Å²) in [4.78, 5) is 8.42. The number of nitrogens with one attached hydrogen (secondary N) is 1. The predicted octanol–water partition coefficient (Wildman–Crippen LogP) is 2.11. The minimum absolute atomic E-state index is 0.696. The van der Waals surface area contributed by atoms with Crippen molar-refractivity contribution < 1.29 is 0 Å². The summed E-state index contributed by atoms with van der Waals surface area (Å²) >= 11 is 1.60. The minimum atomic E-state index is 0.696. The van der Waals surface area contributed by atoms with E-state index in [9.17, 15) is 0 Å². The quantitative estimate of drug-likeness (QED) is 0.767. The minimum Gasteiger partial charge on any atom is -0.364 e. The lowest BCUT2D eigenvalue weighted by molar-refractivity contribution is 0.934. The molecule has 0 aromatic carbocycles.